The van der Waals surface area contributed by atoms with Gasteiger partial charge in [-0.15, -0.1) is 24.0 Å². The zero-order valence-corrected chi connectivity index (χ0v) is 20.3. The number of guanidine groups is 1. The smallest absolute Gasteiger partial charge is 0.356 e. The van der Waals surface area contributed by atoms with Crippen molar-refractivity contribution >= 4 is 47.4 Å². The van der Waals surface area contributed by atoms with E-state index in [2.05, 4.69) is 25.6 Å². The molecule has 6 nitrogen and oxygen atoms in total. The van der Waals surface area contributed by atoms with Crippen molar-refractivity contribution in [2.45, 2.75) is 32.0 Å². The lowest BCUT2D eigenvalue weighted by atomic mass is 10.1. The van der Waals surface area contributed by atoms with E-state index in [0.717, 1.165) is 30.7 Å². The van der Waals surface area contributed by atoms with Crippen molar-refractivity contribution in [3.8, 4) is 0 Å². The molecule has 0 bridgehead atoms. The molecule has 0 aromatic carbocycles. The van der Waals surface area contributed by atoms with E-state index in [0.29, 0.717) is 31.4 Å². The molecule has 1 aliphatic heterocycles. The Morgan fingerprint density at radius 1 is 1.35 bits per heavy atom. The monoisotopic (exact) mass is 568 g/mol. The van der Waals surface area contributed by atoms with Gasteiger partial charge in [-0.05, 0) is 43.0 Å². The maximum absolute atomic E-state index is 12.8. The molecule has 0 saturated carbocycles. The highest BCUT2D eigenvalue weighted by atomic mass is 127. The average Bonchev–Trinajstić information content (AvgIpc) is 3.16. The number of hydrogen-bond donors (Lipinski definition) is 2. The lowest BCUT2D eigenvalue weighted by molar-refractivity contribution is -0.137. The van der Waals surface area contributed by atoms with Gasteiger partial charge in [0.2, 0.25) is 0 Å². The number of aliphatic imine (C=N–C) groups is 1. The van der Waals surface area contributed by atoms with Gasteiger partial charge in [-0.1, -0.05) is 11.6 Å². The van der Waals surface area contributed by atoms with Gasteiger partial charge in [0.05, 0.1) is 10.6 Å². The summed E-state index contributed by atoms with van der Waals surface area (Å²) in [4.78, 5) is 14.2. The molecule has 2 N–H and O–H groups in total. The minimum absolute atomic E-state index is 0. The van der Waals surface area contributed by atoms with E-state index in [-0.39, 0.29) is 35.0 Å². The highest BCUT2D eigenvalue weighted by molar-refractivity contribution is 14.0. The van der Waals surface area contributed by atoms with Crippen LogP contribution in [-0.2, 0) is 12.6 Å². The molecule has 3 heterocycles. The summed E-state index contributed by atoms with van der Waals surface area (Å²) >= 11 is 6.07. The van der Waals surface area contributed by atoms with Crippen LogP contribution in [0.5, 0.6) is 0 Å². The van der Waals surface area contributed by atoms with Crippen LogP contribution >= 0.6 is 35.6 Å². The number of aryl methyl sites for hydroxylation is 1. The van der Waals surface area contributed by atoms with E-state index < -0.39 is 11.7 Å². The Morgan fingerprint density at radius 3 is 2.77 bits per heavy atom. The fraction of sp³-hybridized carbons (Fsp3) is 0.450. The fourth-order valence-electron chi connectivity index (χ4n) is 3.38. The minimum Gasteiger partial charge on any atom is -0.356 e. The van der Waals surface area contributed by atoms with Crippen molar-refractivity contribution in [1.82, 2.24) is 20.6 Å². The molecule has 3 rings (SSSR count). The topological polar surface area (TPSA) is 65.4 Å². The molecule has 1 atom stereocenters. The molecule has 1 saturated heterocycles. The van der Waals surface area contributed by atoms with E-state index in [1.807, 2.05) is 24.1 Å². The van der Waals surface area contributed by atoms with Gasteiger partial charge in [-0.2, -0.15) is 13.2 Å². The third-order valence-corrected chi connectivity index (χ3v) is 5.30. The Labute approximate surface area is 201 Å². The first-order valence-electron chi connectivity index (χ1n) is 9.62. The molecule has 0 aliphatic carbocycles. The van der Waals surface area contributed by atoms with Gasteiger partial charge in [-0.3, -0.25) is 9.98 Å². The molecule has 1 unspecified atom stereocenters. The lowest BCUT2D eigenvalue weighted by Crippen LogP contribution is -2.45. The fourth-order valence-corrected chi connectivity index (χ4v) is 3.66. The summed E-state index contributed by atoms with van der Waals surface area (Å²) in [7, 11) is 1.70. The van der Waals surface area contributed by atoms with Crippen molar-refractivity contribution < 1.29 is 13.2 Å². The third kappa shape index (κ3) is 6.83. The molecule has 0 amide bonds. The molecule has 0 radical (unpaired) electrons. The summed E-state index contributed by atoms with van der Waals surface area (Å²) in [6, 6.07) is 3.01. The van der Waals surface area contributed by atoms with Gasteiger partial charge in [0.1, 0.15) is 5.82 Å². The van der Waals surface area contributed by atoms with E-state index in [1.165, 1.54) is 5.56 Å². The highest BCUT2D eigenvalue weighted by Crippen LogP contribution is 2.34. The maximum Gasteiger partial charge on any atom is 0.417 e. The van der Waals surface area contributed by atoms with Gasteiger partial charge in [0.15, 0.2) is 5.96 Å². The molecule has 1 fully saturated rings. The molecule has 170 valence electrons. The molecule has 11 heteroatoms. The van der Waals surface area contributed by atoms with Crippen LogP contribution in [0.15, 0.2) is 35.7 Å². The van der Waals surface area contributed by atoms with E-state index in [1.54, 1.807) is 13.2 Å². The number of nitrogens with zero attached hydrogens (tertiary/aromatic N) is 4. The normalized spacial score (nSPS) is 16.8. The summed E-state index contributed by atoms with van der Waals surface area (Å²) in [5.41, 5.74) is 1.52. The number of rotatable bonds is 5. The Kier molecular flexibility index (Phi) is 9.16. The van der Waals surface area contributed by atoms with Gasteiger partial charge in [-0.25, -0.2) is 4.98 Å². The molecular weight excluding hydrogens is 544 g/mol. The Hall–Kier alpha value is -1.82. The predicted molar refractivity (Wildman–Crippen MR) is 127 cm³/mol. The van der Waals surface area contributed by atoms with Gasteiger partial charge >= 0.3 is 6.18 Å². The lowest BCUT2D eigenvalue weighted by Gasteiger charge is -2.21. The van der Waals surface area contributed by atoms with Crippen molar-refractivity contribution in [1.29, 1.82) is 0 Å². The highest BCUT2D eigenvalue weighted by Gasteiger charge is 2.33. The summed E-state index contributed by atoms with van der Waals surface area (Å²) < 4.78 is 38.4. The van der Waals surface area contributed by atoms with Gasteiger partial charge < -0.3 is 15.5 Å². The largest absolute Gasteiger partial charge is 0.417 e. The standard InChI is InChI=1S/C20H24ClF3N6.HI/c1-13-10-26-6-3-14(13)4-7-27-19(25-2)29-16-5-8-30(12-16)18-17(21)9-15(11-28-18)20(22,23)24;/h3,6,9-11,16H,4-5,7-8,12H2,1-2H3,(H2,25,27,29);1H. The number of nitrogens with one attached hydrogen (secondary N) is 2. The van der Waals surface area contributed by atoms with Crippen LogP contribution in [0.3, 0.4) is 0 Å². The third-order valence-electron chi connectivity index (χ3n) is 5.02. The Bertz CT molecular complexity index is 909. The number of halogens is 5. The Balaban J connectivity index is 0.00000341. The second-order valence-electron chi connectivity index (χ2n) is 7.15. The number of hydrogen-bond acceptors (Lipinski definition) is 4. The first-order valence-corrected chi connectivity index (χ1v) is 10.00. The molecule has 0 spiro atoms. The van der Waals surface area contributed by atoms with Crippen molar-refractivity contribution in [3.63, 3.8) is 0 Å². The average molecular weight is 569 g/mol. The van der Waals surface area contributed by atoms with Crippen molar-refractivity contribution in [2.24, 2.45) is 4.99 Å². The van der Waals surface area contributed by atoms with Crippen molar-refractivity contribution in [2.75, 3.05) is 31.6 Å². The predicted octanol–water partition coefficient (Wildman–Crippen LogP) is 4.06. The van der Waals surface area contributed by atoms with E-state index in [9.17, 15) is 13.2 Å². The van der Waals surface area contributed by atoms with Crippen LogP contribution in [0, 0.1) is 6.92 Å². The van der Waals surface area contributed by atoms with Crippen LogP contribution in [0.2, 0.25) is 5.02 Å². The minimum atomic E-state index is -4.46. The van der Waals surface area contributed by atoms with Crippen LogP contribution in [0.1, 0.15) is 23.1 Å². The van der Waals surface area contributed by atoms with Crippen molar-refractivity contribution in [3.05, 3.63) is 52.4 Å². The summed E-state index contributed by atoms with van der Waals surface area (Å²) in [6.45, 7) is 3.96. The number of alkyl halides is 3. The molecule has 1 aliphatic rings. The maximum atomic E-state index is 12.8. The van der Waals surface area contributed by atoms with E-state index in [4.69, 9.17) is 11.6 Å². The van der Waals surface area contributed by atoms with Crippen LogP contribution in [-0.4, -0.2) is 48.7 Å². The molecule has 31 heavy (non-hydrogen) atoms. The number of pyridine rings is 2. The molecular formula is C20H25ClF3IN6. The summed E-state index contributed by atoms with van der Waals surface area (Å²) in [5.74, 6) is 1.05. The van der Waals surface area contributed by atoms with Crippen LogP contribution in [0.25, 0.3) is 0 Å². The number of anilines is 1. The summed E-state index contributed by atoms with van der Waals surface area (Å²) in [6.07, 6.45) is 1.62. The first kappa shape index (κ1) is 25.4. The SMILES string of the molecule is CN=C(NCCc1ccncc1C)NC1CCN(c2ncc(C(F)(F)F)cc2Cl)C1.I. The zero-order valence-electron chi connectivity index (χ0n) is 17.2. The first-order chi connectivity index (χ1) is 14.3. The zero-order chi connectivity index (χ0) is 21.7. The van der Waals surface area contributed by atoms with Crippen LogP contribution < -0.4 is 15.5 Å². The molecule has 2 aromatic rings. The summed E-state index contributed by atoms with van der Waals surface area (Å²) in [5, 5.41) is 6.65. The molecule has 2 aromatic heterocycles. The second-order valence-corrected chi connectivity index (χ2v) is 7.56. The second kappa shape index (κ2) is 11.2. The Morgan fingerprint density at radius 2 is 2.13 bits per heavy atom. The van der Waals surface area contributed by atoms with Gasteiger partial charge in [0, 0.05) is 51.3 Å². The number of aromatic nitrogens is 2. The quantitative estimate of drug-likeness (QED) is 0.324. The van der Waals surface area contributed by atoms with Crippen LogP contribution in [0.4, 0.5) is 19.0 Å². The van der Waals surface area contributed by atoms with E-state index >= 15 is 0 Å². The van der Waals surface area contributed by atoms with Gasteiger partial charge in [0.25, 0.3) is 0 Å².